The van der Waals surface area contributed by atoms with Crippen LogP contribution < -0.4 is 29.0 Å². The van der Waals surface area contributed by atoms with Gasteiger partial charge in [0.25, 0.3) is 0 Å². The van der Waals surface area contributed by atoms with Crippen molar-refractivity contribution in [1.82, 2.24) is 43.9 Å². The van der Waals surface area contributed by atoms with E-state index in [1.807, 2.05) is 106 Å². The number of carbonyl (C=O) groups excluding carboxylic acids is 2. The van der Waals surface area contributed by atoms with Gasteiger partial charge in [-0.1, -0.05) is 19.1 Å². The SMILES string of the molecule is CCCN1C(=O)Cc2cc(Nc3ncc4ccn(Cc5cccnc5N(C)S(C)(=O)=O)c4n3)ccc21.CN(C)CCN1C(=O)Cc2cc(Nc3ncc4ccn(Cc5cccnc5N(C)S(C)(=O)=O)c4n3)ccc21. The van der Waals surface area contributed by atoms with E-state index in [0.29, 0.717) is 73.8 Å². The molecule has 8 heterocycles. The van der Waals surface area contributed by atoms with E-state index in [4.69, 9.17) is 9.97 Å². The average Bonchev–Trinajstić information content (AvgIpc) is 4.12. The predicted octanol–water partition coefficient (Wildman–Crippen LogP) is 5.78. The van der Waals surface area contributed by atoms with E-state index < -0.39 is 20.0 Å². The number of aromatic nitrogens is 8. The third-order valence-electron chi connectivity index (χ3n) is 12.8. The topological polar surface area (TPSA) is 230 Å². The molecule has 2 aliphatic rings. The average molecular weight is 1040 g/mol. The number of anilines is 8. The summed E-state index contributed by atoms with van der Waals surface area (Å²) in [6.45, 7) is 4.99. The quantitative estimate of drug-likeness (QED) is 0.110. The summed E-state index contributed by atoms with van der Waals surface area (Å²) in [4.78, 5) is 57.6. The normalized spacial score (nSPS) is 13.4. The summed E-state index contributed by atoms with van der Waals surface area (Å²) < 4.78 is 54.6. The van der Waals surface area contributed by atoms with Gasteiger partial charge in [0.2, 0.25) is 43.8 Å². The first-order chi connectivity index (χ1) is 35.3. The van der Waals surface area contributed by atoms with Crippen LogP contribution in [0.2, 0.25) is 0 Å². The minimum atomic E-state index is -3.46. The number of fused-ring (bicyclic) bond motifs is 4. The minimum absolute atomic E-state index is 0.103. The maximum atomic E-state index is 12.6. The van der Waals surface area contributed by atoms with E-state index in [0.717, 1.165) is 81.3 Å². The van der Waals surface area contributed by atoms with Gasteiger partial charge in [-0.25, -0.2) is 36.8 Å². The van der Waals surface area contributed by atoms with E-state index >= 15 is 0 Å². The zero-order valence-corrected chi connectivity index (χ0v) is 43.8. The molecule has 384 valence electrons. The number of benzene rings is 2. The third kappa shape index (κ3) is 11.0. The van der Waals surface area contributed by atoms with Gasteiger partial charge in [-0.3, -0.25) is 18.2 Å². The molecule has 0 unspecified atom stereocenters. The van der Waals surface area contributed by atoms with Gasteiger partial charge in [0.05, 0.1) is 38.4 Å². The number of sulfonamides is 2. The van der Waals surface area contributed by atoms with Crippen molar-refractivity contribution < 1.29 is 26.4 Å². The van der Waals surface area contributed by atoms with Crippen LogP contribution in [0.15, 0.2) is 110 Å². The van der Waals surface area contributed by atoms with Gasteiger partial charge in [-0.05, 0) is 92.3 Å². The van der Waals surface area contributed by atoms with Crippen molar-refractivity contribution in [2.24, 2.45) is 0 Å². The molecule has 0 spiro atoms. The molecule has 10 rings (SSSR count). The summed E-state index contributed by atoms with van der Waals surface area (Å²) in [6, 6.07) is 22.8. The van der Waals surface area contributed by atoms with Gasteiger partial charge in [-0.15, -0.1) is 0 Å². The Balaban J connectivity index is 0.000000182. The summed E-state index contributed by atoms with van der Waals surface area (Å²) in [6.07, 6.45) is 14.4. The molecular weight excluding hydrogens is 983 g/mol. The Labute approximate surface area is 429 Å². The molecule has 74 heavy (non-hydrogen) atoms. The highest BCUT2D eigenvalue weighted by Crippen LogP contribution is 2.34. The maximum Gasteiger partial charge on any atom is 0.233 e. The van der Waals surface area contributed by atoms with Crippen molar-refractivity contribution in [3.8, 4) is 0 Å². The number of hydrogen-bond acceptors (Lipinski definition) is 15. The van der Waals surface area contributed by atoms with Crippen molar-refractivity contribution in [1.29, 1.82) is 0 Å². The van der Waals surface area contributed by atoms with Crippen LogP contribution in [0.4, 0.5) is 46.3 Å². The molecule has 2 aromatic carbocycles. The smallest absolute Gasteiger partial charge is 0.233 e. The second kappa shape index (κ2) is 20.8. The molecule has 0 saturated heterocycles. The van der Waals surface area contributed by atoms with E-state index in [1.165, 1.54) is 22.7 Å². The molecule has 2 N–H and O–H groups in total. The maximum absolute atomic E-state index is 12.6. The van der Waals surface area contributed by atoms with Crippen molar-refractivity contribution in [3.05, 3.63) is 132 Å². The second-order valence-corrected chi connectivity index (χ2v) is 22.5. The van der Waals surface area contributed by atoms with Gasteiger partial charge in [0.1, 0.15) is 22.9 Å². The largest absolute Gasteiger partial charge is 0.328 e. The molecule has 0 fully saturated rings. The van der Waals surface area contributed by atoms with Gasteiger partial charge >= 0.3 is 0 Å². The summed E-state index contributed by atoms with van der Waals surface area (Å²) in [5, 5.41) is 8.23. The van der Waals surface area contributed by atoms with Crippen LogP contribution in [0.3, 0.4) is 0 Å². The van der Waals surface area contributed by atoms with Gasteiger partial charge < -0.3 is 34.5 Å². The Morgan fingerprint density at radius 3 is 1.46 bits per heavy atom. The molecule has 0 saturated carbocycles. The van der Waals surface area contributed by atoms with E-state index in [1.54, 1.807) is 36.9 Å². The van der Waals surface area contributed by atoms with Crippen LogP contribution >= 0.6 is 0 Å². The molecular formula is C51H57N15O6S2. The van der Waals surface area contributed by atoms with Gasteiger partial charge in [0.15, 0.2) is 0 Å². The summed E-state index contributed by atoms with van der Waals surface area (Å²) in [7, 11) is 0.0508. The lowest BCUT2D eigenvalue weighted by molar-refractivity contribution is -0.118. The second-order valence-electron chi connectivity index (χ2n) is 18.5. The molecule has 23 heteroatoms. The van der Waals surface area contributed by atoms with E-state index in [9.17, 15) is 26.4 Å². The van der Waals surface area contributed by atoms with Crippen LogP contribution in [-0.2, 0) is 55.6 Å². The number of nitrogens with zero attached hydrogens (tertiary/aromatic N) is 13. The molecule has 0 aliphatic carbocycles. The predicted molar refractivity (Wildman–Crippen MR) is 289 cm³/mol. The van der Waals surface area contributed by atoms with Crippen LogP contribution in [0.25, 0.3) is 22.1 Å². The van der Waals surface area contributed by atoms with Crippen LogP contribution in [-0.4, -0.2) is 133 Å². The lowest BCUT2D eigenvalue weighted by Crippen LogP contribution is -2.33. The van der Waals surface area contributed by atoms with Crippen molar-refractivity contribution in [2.45, 2.75) is 39.3 Å². The zero-order chi connectivity index (χ0) is 52.5. The van der Waals surface area contributed by atoms with E-state index in [2.05, 4.69) is 42.4 Å². The first-order valence-corrected chi connectivity index (χ1v) is 27.5. The molecule has 0 bridgehead atoms. The number of nitrogens with one attached hydrogen (secondary N) is 2. The summed E-state index contributed by atoms with van der Waals surface area (Å²) in [5.41, 5.74) is 8.37. The molecule has 0 atom stereocenters. The highest BCUT2D eigenvalue weighted by Gasteiger charge is 2.29. The lowest BCUT2D eigenvalue weighted by atomic mass is 10.1. The van der Waals surface area contributed by atoms with Crippen molar-refractivity contribution in [3.63, 3.8) is 0 Å². The van der Waals surface area contributed by atoms with Crippen LogP contribution in [0.5, 0.6) is 0 Å². The Morgan fingerprint density at radius 2 is 1.04 bits per heavy atom. The lowest BCUT2D eigenvalue weighted by Gasteiger charge is -2.20. The number of likely N-dealkylation sites (N-methyl/N-ethyl adjacent to an activating group) is 1. The van der Waals surface area contributed by atoms with Crippen LogP contribution in [0.1, 0.15) is 35.6 Å². The van der Waals surface area contributed by atoms with Crippen molar-refractivity contribution >= 4 is 100 Å². The molecule has 2 aliphatic heterocycles. The number of rotatable bonds is 17. The number of pyridine rings is 2. The van der Waals surface area contributed by atoms with Gasteiger partial charge in [-0.2, -0.15) is 9.97 Å². The molecule has 21 nitrogen and oxygen atoms in total. The Hall–Kier alpha value is -8.02. The molecule has 0 radical (unpaired) electrons. The summed E-state index contributed by atoms with van der Waals surface area (Å²) >= 11 is 0. The fraction of sp³-hybridized carbons (Fsp3) is 0.294. The number of hydrogen-bond donors (Lipinski definition) is 2. The monoisotopic (exact) mass is 1040 g/mol. The van der Waals surface area contributed by atoms with Gasteiger partial charge in [0, 0.05) is 116 Å². The highest BCUT2D eigenvalue weighted by molar-refractivity contribution is 7.92. The third-order valence-corrected chi connectivity index (χ3v) is 15.1. The fourth-order valence-electron chi connectivity index (χ4n) is 8.87. The zero-order valence-electron chi connectivity index (χ0n) is 42.1. The van der Waals surface area contributed by atoms with Crippen LogP contribution in [0, 0.1) is 0 Å². The number of carbonyl (C=O) groups is 2. The summed E-state index contributed by atoms with van der Waals surface area (Å²) in [5.74, 6) is 1.82. The Bertz CT molecular complexity index is 3660. The number of amides is 2. The Morgan fingerprint density at radius 1 is 0.595 bits per heavy atom. The molecule has 6 aromatic heterocycles. The minimum Gasteiger partial charge on any atom is -0.328 e. The molecule has 2 amide bonds. The first kappa shape index (κ1) is 50.9. The standard InChI is InChI=1S/C26H30N8O3S.C25H27N7O3S/c1-31(2)12-13-34-22-8-7-21(14-20(22)15-23(34)35)29-26-28-16-18-9-11-33(25(18)30-26)17-19-6-5-10-27-24(19)32(3)38(4,36)37;1-4-11-32-21-8-7-20(13-19(21)14-22(32)33)28-25-27-15-17-9-12-31(24(17)29-25)16-18-6-5-10-26-23(18)30(2)36(3,34)35/h5-11,14,16H,12-13,15,17H2,1-4H3,(H,28,29,30);5-10,12-13,15H,4,11,14,16H2,1-3H3,(H,27,28,29). The molecule has 8 aromatic rings. The fourth-order valence-corrected chi connectivity index (χ4v) is 9.82. The van der Waals surface area contributed by atoms with Crippen molar-refractivity contribution in [2.75, 3.05) is 89.4 Å². The van der Waals surface area contributed by atoms with E-state index in [-0.39, 0.29) is 11.8 Å². The Kier molecular flexibility index (Phi) is 14.3. The first-order valence-electron chi connectivity index (χ1n) is 23.8. The highest BCUT2D eigenvalue weighted by atomic mass is 32.2.